The summed E-state index contributed by atoms with van der Waals surface area (Å²) in [4.78, 5) is 32.5. The van der Waals surface area contributed by atoms with E-state index < -0.39 is 12.0 Å². The van der Waals surface area contributed by atoms with E-state index >= 15 is 0 Å². The van der Waals surface area contributed by atoms with Crippen LogP contribution in [0.2, 0.25) is 0 Å². The maximum atomic E-state index is 13.2. The number of benzene rings is 3. The van der Waals surface area contributed by atoms with Crippen molar-refractivity contribution in [2.24, 2.45) is 0 Å². The summed E-state index contributed by atoms with van der Waals surface area (Å²) in [6, 6.07) is 22.7. The predicted octanol–water partition coefficient (Wildman–Crippen LogP) is 4.32. The highest BCUT2D eigenvalue weighted by atomic mass is 16.5. The minimum Gasteiger partial charge on any atom is -0.463 e. The van der Waals surface area contributed by atoms with Crippen molar-refractivity contribution in [2.45, 2.75) is 19.9 Å². The zero-order valence-corrected chi connectivity index (χ0v) is 19.5. The molecule has 1 aliphatic heterocycles. The van der Waals surface area contributed by atoms with Gasteiger partial charge in [0, 0.05) is 16.8 Å². The van der Waals surface area contributed by atoms with E-state index in [1.165, 1.54) is 6.33 Å². The number of nitrogens with zero attached hydrogens (tertiary/aromatic N) is 4. The monoisotopic (exact) mass is 467 g/mol. The Hall–Kier alpha value is -4.46. The van der Waals surface area contributed by atoms with Crippen LogP contribution in [0.5, 0.6) is 0 Å². The van der Waals surface area contributed by atoms with E-state index in [2.05, 4.69) is 15.4 Å². The molecular formula is C27H25N5O3. The molecular weight excluding hydrogens is 442 g/mol. The molecule has 1 amide bonds. The van der Waals surface area contributed by atoms with E-state index in [4.69, 9.17) is 4.74 Å². The van der Waals surface area contributed by atoms with Gasteiger partial charge in [0.25, 0.3) is 0 Å². The molecule has 3 aromatic carbocycles. The molecule has 176 valence electrons. The van der Waals surface area contributed by atoms with Crippen LogP contribution in [0.15, 0.2) is 90.4 Å². The first-order valence-electron chi connectivity index (χ1n) is 11.5. The van der Waals surface area contributed by atoms with Gasteiger partial charge in [0.1, 0.15) is 18.9 Å². The van der Waals surface area contributed by atoms with Crippen LogP contribution in [0.4, 0.5) is 11.6 Å². The second kappa shape index (κ2) is 9.42. The van der Waals surface area contributed by atoms with Crippen molar-refractivity contribution in [3.63, 3.8) is 0 Å². The number of carbonyl (C=O) groups is 2. The lowest BCUT2D eigenvalue weighted by Gasteiger charge is -2.35. The Labute approximate surface area is 202 Å². The standard InChI is InChI=1S/C27H25N5O3/c1-3-35-26(34)24-18(2)31(27-28-17-29-32(27)25(24)20-11-5-4-6-12-20)16-23(33)30-22-15-9-13-19-10-7-8-14-21(19)22/h4-15,17,25H,3,16H2,1-2H3,(H,30,33)/t25-/m1/s1. The molecule has 0 saturated carbocycles. The highest BCUT2D eigenvalue weighted by molar-refractivity contribution is 6.03. The largest absolute Gasteiger partial charge is 0.463 e. The van der Waals surface area contributed by atoms with Crippen molar-refractivity contribution in [2.75, 3.05) is 23.4 Å². The van der Waals surface area contributed by atoms with Gasteiger partial charge in [0.15, 0.2) is 0 Å². The maximum absolute atomic E-state index is 13.2. The molecule has 0 spiro atoms. The summed E-state index contributed by atoms with van der Waals surface area (Å²) in [6.45, 7) is 3.77. The Kier molecular flexibility index (Phi) is 6.01. The molecule has 5 rings (SSSR count). The first-order valence-corrected chi connectivity index (χ1v) is 11.5. The number of hydrogen-bond acceptors (Lipinski definition) is 6. The Bertz CT molecular complexity index is 1420. The number of nitrogens with one attached hydrogen (secondary N) is 1. The second-order valence-electron chi connectivity index (χ2n) is 8.20. The topological polar surface area (TPSA) is 89.3 Å². The molecule has 8 nitrogen and oxygen atoms in total. The van der Waals surface area contributed by atoms with E-state index in [1.54, 1.807) is 16.5 Å². The average molecular weight is 468 g/mol. The lowest BCUT2D eigenvalue weighted by atomic mass is 9.95. The number of hydrogen-bond donors (Lipinski definition) is 1. The van der Waals surface area contributed by atoms with E-state index in [0.717, 1.165) is 22.0 Å². The van der Waals surface area contributed by atoms with E-state index in [1.807, 2.05) is 79.7 Å². The number of ether oxygens (including phenoxy) is 1. The summed E-state index contributed by atoms with van der Waals surface area (Å²) in [7, 11) is 0. The number of amides is 1. The summed E-state index contributed by atoms with van der Waals surface area (Å²) >= 11 is 0. The molecule has 4 aromatic rings. The summed E-state index contributed by atoms with van der Waals surface area (Å²) < 4.78 is 7.07. The summed E-state index contributed by atoms with van der Waals surface area (Å²) in [5.74, 6) is -0.200. The Morgan fingerprint density at radius 3 is 2.54 bits per heavy atom. The molecule has 2 heterocycles. The highest BCUT2D eigenvalue weighted by Gasteiger charge is 2.38. The van der Waals surface area contributed by atoms with Crippen molar-refractivity contribution in [3.8, 4) is 0 Å². The molecule has 0 unspecified atom stereocenters. The van der Waals surface area contributed by atoms with Crippen LogP contribution in [0.1, 0.15) is 25.5 Å². The third-order valence-electron chi connectivity index (χ3n) is 6.08. The fourth-order valence-electron chi connectivity index (χ4n) is 4.50. The van der Waals surface area contributed by atoms with Crippen LogP contribution in [0.3, 0.4) is 0 Å². The van der Waals surface area contributed by atoms with Gasteiger partial charge < -0.3 is 15.0 Å². The van der Waals surface area contributed by atoms with Crippen LogP contribution >= 0.6 is 0 Å². The molecule has 0 saturated heterocycles. The third-order valence-corrected chi connectivity index (χ3v) is 6.08. The molecule has 8 heteroatoms. The van der Waals surface area contributed by atoms with E-state index in [9.17, 15) is 9.59 Å². The Morgan fingerprint density at radius 1 is 1.00 bits per heavy atom. The predicted molar refractivity (Wildman–Crippen MR) is 134 cm³/mol. The van der Waals surface area contributed by atoms with Crippen molar-refractivity contribution < 1.29 is 14.3 Å². The number of carbonyl (C=O) groups excluding carboxylic acids is 2. The number of anilines is 2. The molecule has 0 aliphatic carbocycles. The first kappa shape index (κ1) is 22.3. The van der Waals surface area contributed by atoms with Crippen LogP contribution in [-0.4, -0.2) is 39.8 Å². The van der Waals surface area contributed by atoms with Crippen molar-refractivity contribution >= 4 is 34.3 Å². The number of aromatic nitrogens is 3. The van der Waals surface area contributed by atoms with Crippen LogP contribution in [-0.2, 0) is 14.3 Å². The van der Waals surface area contributed by atoms with Crippen molar-refractivity contribution in [1.29, 1.82) is 0 Å². The van der Waals surface area contributed by atoms with Crippen molar-refractivity contribution in [1.82, 2.24) is 14.8 Å². The fraction of sp³-hybridized carbons (Fsp3) is 0.185. The molecule has 0 bridgehead atoms. The van der Waals surface area contributed by atoms with E-state index in [-0.39, 0.29) is 19.1 Å². The third kappa shape index (κ3) is 4.14. The van der Waals surface area contributed by atoms with Gasteiger partial charge in [-0.1, -0.05) is 66.7 Å². The van der Waals surface area contributed by atoms with Gasteiger partial charge >= 0.3 is 5.97 Å². The molecule has 35 heavy (non-hydrogen) atoms. The molecule has 0 fully saturated rings. The normalized spacial score (nSPS) is 15.1. The lowest BCUT2D eigenvalue weighted by molar-refractivity contribution is -0.139. The van der Waals surface area contributed by atoms with Crippen LogP contribution in [0.25, 0.3) is 10.8 Å². The van der Waals surface area contributed by atoms with Crippen LogP contribution < -0.4 is 10.2 Å². The minimum absolute atomic E-state index is 0.0435. The average Bonchev–Trinajstić information content (AvgIpc) is 3.36. The lowest BCUT2D eigenvalue weighted by Crippen LogP contribution is -2.40. The number of esters is 1. The van der Waals surface area contributed by atoms with Gasteiger partial charge in [-0.2, -0.15) is 10.1 Å². The van der Waals surface area contributed by atoms with Gasteiger partial charge in [-0.3, -0.25) is 4.79 Å². The Morgan fingerprint density at radius 2 is 1.74 bits per heavy atom. The Balaban J connectivity index is 1.51. The highest BCUT2D eigenvalue weighted by Crippen LogP contribution is 2.38. The van der Waals surface area contributed by atoms with Gasteiger partial charge in [-0.05, 0) is 30.9 Å². The summed E-state index contributed by atoms with van der Waals surface area (Å²) in [6.07, 6.45) is 1.43. The molecule has 1 aliphatic rings. The molecule has 1 aromatic heterocycles. The van der Waals surface area contributed by atoms with E-state index in [0.29, 0.717) is 17.2 Å². The fourth-order valence-corrected chi connectivity index (χ4v) is 4.50. The van der Waals surface area contributed by atoms with Gasteiger partial charge in [-0.15, -0.1) is 0 Å². The van der Waals surface area contributed by atoms with Gasteiger partial charge in [0.05, 0.1) is 12.2 Å². The van der Waals surface area contributed by atoms with Crippen molar-refractivity contribution in [3.05, 3.63) is 96.0 Å². The van der Waals surface area contributed by atoms with Gasteiger partial charge in [0.2, 0.25) is 11.9 Å². The summed E-state index contributed by atoms with van der Waals surface area (Å²) in [5, 5.41) is 9.41. The van der Waals surface area contributed by atoms with Crippen LogP contribution in [0, 0.1) is 0 Å². The van der Waals surface area contributed by atoms with Gasteiger partial charge in [-0.25, -0.2) is 9.48 Å². The number of fused-ring (bicyclic) bond motifs is 2. The zero-order chi connectivity index (χ0) is 24.4. The molecule has 0 radical (unpaired) electrons. The number of rotatable bonds is 6. The smallest absolute Gasteiger partial charge is 0.338 e. The maximum Gasteiger partial charge on any atom is 0.338 e. The molecule has 1 atom stereocenters. The SMILES string of the molecule is CCOC(=O)C1=C(C)N(CC(=O)Nc2cccc3ccccc23)c2ncnn2[C@@H]1c1ccccc1. The zero-order valence-electron chi connectivity index (χ0n) is 19.5. The molecule has 1 N–H and O–H groups in total. The first-order chi connectivity index (χ1) is 17.1. The second-order valence-corrected chi connectivity index (χ2v) is 8.20. The number of allylic oxidation sites excluding steroid dienone is 1. The quantitative estimate of drug-likeness (QED) is 0.425. The summed E-state index contributed by atoms with van der Waals surface area (Å²) in [5.41, 5.74) is 2.63. The minimum atomic E-state index is -0.509.